The van der Waals surface area contributed by atoms with Gasteiger partial charge in [0, 0.05) is 12.8 Å². The molecule has 0 saturated carbocycles. The average molecular weight is 201 g/mol. The third kappa shape index (κ3) is 4.33. The molecule has 0 heterocycles. The first-order valence-electron chi connectivity index (χ1n) is 4.97. The number of rotatable bonds is 4. The highest BCUT2D eigenvalue weighted by atomic mass is 16.5. The van der Waals surface area contributed by atoms with Crippen molar-refractivity contribution in [3.05, 3.63) is 30.3 Å². The molecule has 1 rings (SSSR count). The van der Waals surface area contributed by atoms with Crippen molar-refractivity contribution < 1.29 is 4.74 Å². The van der Waals surface area contributed by atoms with Gasteiger partial charge in [-0.3, -0.25) is 0 Å². The van der Waals surface area contributed by atoms with Gasteiger partial charge in [-0.1, -0.05) is 18.2 Å². The lowest BCUT2D eigenvalue weighted by atomic mass is 10.2. The van der Waals surface area contributed by atoms with E-state index in [0.717, 1.165) is 30.8 Å². The fourth-order valence-electron chi connectivity index (χ4n) is 1.19. The minimum Gasteiger partial charge on any atom is -0.484 e. The lowest BCUT2D eigenvalue weighted by Crippen LogP contribution is -2.00. The Bertz CT molecular complexity index is 349. The van der Waals surface area contributed by atoms with E-state index >= 15 is 0 Å². The number of unbranched alkanes of at least 4 members (excludes halogenated alkanes) is 1. The number of ether oxygens (including phenoxy) is 1. The average Bonchev–Trinajstić information content (AvgIpc) is 2.29. The van der Waals surface area contributed by atoms with Gasteiger partial charge in [0.15, 0.2) is 5.90 Å². The van der Waals surface area contributed by atoms with Crippen LogP contribution in [0, 0.1) is 12.3 Å². The molecule has 1 aromatic rings. The zero-order valence-electron chi connectivity index (χ0n) is 8.94. The Balaban J connectivity index is 2.58. The van der Waals surface area contributed by atoms with Crippen LogP contribution in [0.25, 0.3) is 0 Å². The van der Waals surface area contributed by atoms with E-state index in [2.05, 4.69) is 10.9 Å². The van der Waals surface area contributed by atoms with Gasteiger partial charge in [-0.2, -0.15) is 0 Å². The van der Waals surface area contributed by atoms with Crippen LogP contribution >= 0.6 is 0 Å². The van der Waals surface area contributed by atoms with E-state index in [9.17, 15) is 0 Å². The predicted molar refractivity (Wildman–Crippen MR) is 63.2 cm³/mol. The van der Waals surface area contributed by atoms with Crippen molar-refractivity contribution in [3.63, 3.8) is 0 Å². The number of methoxy groups -OCH3 is 1. The van der Waals surface area contributed by atoms with Gasteiger partial charge in [-0.15, -0.1) is 12.3 Å². The number of terminal acetylenes is 1. The van der Waals surface area contributed by atoms with Gasteiger partial charge in [0.05, 0.1) is 12.8 Å². The summed E-state index contributed by atoms with van der Waals surface area (Å²) in [7, 11) is 1.64. The second-order valence-electron chi connectivity index (χ2n) is 3.10. The molecule has 15 heavy (non-hydrogen) atoms. The van der Waals surface area contributed by atoms with Crippen LogP contribution in [0.15, 0.2) is 35.3 Å². The maximum absolute atomic E-state index is 5.18. The third-order valence-corrected chi connectivity index (χ3v) is 1.96. The Labute approximate surface area is 91.0 Å². The molecule has 0 bridgehead atoms. The highest BCUT2D eigenvalue weighted by molar-refractivity contribution is 5.79. The number of hydrogen-bond acceptors (Lipinski definition) is 2. The van der Waals surface area contributed by atoms with Crippen LogP contribution in [-0.2, 0) is 4.74 Å². The lowest BCUT2D eigenvalue weighted by Gasteiger charge is -2.03. The summed E-state index contributed by atoms with van der Waals surface area (Å²) in [4.78, 5) is 4.37. The van der Waals surface area contributed by atoms with Crippen LogP contribution in [0.2, 0.25) is 0 Å². The molecular weight excluding hydrogens is 186 g/mol. The summed E-state index contributed by atoms with van der Waals surface area (Å²) in [6.45, 7) is 0. The van der Waals surface area contributed by atoms with Crippen LogP contribution in [0.5, 0.6) is 0 Å². The van der Waals surface area contributed by atoms with Gasteiger partial charge < -0.3 is 4.74 Å². The molecule has 0 spiro atoms. The fourth-order valence-corrected chi connectivity index (χ4v) is 1.19. The number of hydrogen-bond donors (Lipinski definition) is 0. The molecule has 0 radical (unpaired) electrons. The van der Waals surface area contributed by atoms with Crippen molar-refractivity contribution in [3.8, 4) is 12.3 Å². The molecule has 0 saturated heterocycles. The van der Waals surface area contributed by atoms with Crippen molar-refractivity contribution in [2.24, 2.45) is 4.99 Å². The summed E-state index contributed by atoms with van der Waals surface area (Å²) in [5.41, 5.74) is 0.912. The molecule has 1 aromatic carbocycles. The van der Waals surface area contributed by atoms with Crippen molar-refractivity contribution in [1.29, 1.82) is 0 Å². The van der Waals surface area contributed by atoms with Gasteiger partial charge >= 0.3 is 0 Å². The van der Waals surface area contributed by atoms with E-state index in [4.69, 9.17) is 11.2 Å². The topological polar surface area (TPSA) is 21.6 Å². The largest absolute Gasteiger partial charge is 0.484 e. The molecule has 0 unspecified atom stereocenters. The van der Waals surface area contributed by atoms with Crippen molar-refractivity contribution in [2.75, 3.05) is 7.11 Å². The smallest absolute Gasteiger partial charge is 0.188 e. The first-order chi connectivity index (χ1) is 7.36. The number of aliphatic imine (C=N–C) groups is 1. The standard InChI is InChI=1S/C13H15NO/c1-3-4-6-11-13(15-2)14-12-9-7-5-8-10-12/h1,5,7-10H,4,6,11H2,2H3. The maximum atomic E-state index is 5.18. The molecule has 2 heteroatoms. The van der Waals surface area contributed by atoms with Crippen molar-refractivity contribution in [2.45, 2.75) is 19.3 Å². The monoisotopic (exact) mass is 201 g/mol. The minimum absolute atomic E-state index is 0.733. The SMILES string of the molecule is C#CCCCC(=Nc1ccccc1)OC. The number of nitrogens with zero attached hydrogens (tertiary/aromatic N) is 1. The highest BCUT2D eigenvalue weighted by Crippen LogP contribution is 2.12. The van der Waals surface area contributed by atoms with Crippen LogP contribution in [0.1, 0.15) is 19.3 Å². The summed E-state index contributed by atoms with van der Waals surface area (Å²) in [6, 6.07) is 9.76. The van der Waals surface area contributed by atoms with E-state index in [1.165, 1.54) is 0 Å². The molecule has 0 aliphatic rings. The van der Waals surface area contributed by atoms with Gasteiger partial charge in [-0.25, -0.2) is 4.99 Å². The van der Waals surface area contributed by atoms with Crippen molar-refractivity contribution >= 4 is 11.6 Å². The van der Waals surface area contributed by atoms with Crippen LogP contribution < -0.4 is 0 Å². The highest BCUT2D eigenvalue weighted by Gasteiger charge is 1.98. The fraction of sp³-hybridized carbons (Fsp3) is 0.308. The predicted octanol–water partition coefficient (Wildman–Crippen LogP) is 3.17. The lowest BCUT2D eigenvalue weighted by molar-refractivity contribution is 0.389. The third-order valence-electron chi connectivity index (χ3n) is 1.96. The summed E-state index contributed by atoms with van der Waals surface area (Å²) in [5, 5.41) is 0. The van der Waals surface area contributed by atoms with Gasteiger partial charge in [0.25, 0.3) is 0 Å². The van der Waals surface area contributed by atoms with Crippen molar-refractivity contribution in [1.82, 2.24) is 0 Å². The molecule has 78 valence electrons. The zero-order valence-corrected chi connectivity index (χ0v) is 8.94. The second-order valence-corrected chi connectivity index (χ2v) is 3.10. The minimum atomic E-state index is 0.733. The molecule has 0 atom stereocenters. The van der Waals surface area contributed by atoms with E-state index < -0.39 is 0 Å². The van der Waals surface area contributed by atoms with Crippen LogP contribution in [-0.4, -0.2) is 13.0 Å². The normalized spacial score (nSPS) is 10.8. The molecule has 0 aliphatic heterocycles. The number of para-hydroxylation sites is 1. The summed E-state index contributed by atoms with van der Waals surface area (Å²) in [6.07, 6.45) is 7.64. The summed E-state index contributed by atoms with van der Waals surface area (Å²) in [5.74, 6) is 3.33. The Hall–Kier alpha value is -1.75. The van der Waals surface area contributed by atoms with Gasteiger partial charge in [0.2, 0.25) is 0 Å². The van der Waals surface area contributed by atoms with Gasteiger partial charge in [-0.05, 0) is 18.6 Å². The second kappa shape index (κ2) is 6.67. The Morgan fingerprint density at radius 1 is 1.40 bits per heavy atom. The maximum Gasteiger partial charge on any atom is 0.188 e. The quantitative estimate of drug-likeness (QED) is 0.317. The van der Waals surface area contributed by atoms with Gasteiger partial charge in [0.1, 0.15) is 0 Å². The molecule has 0 aromatic heterocycles. The summed E-state index contributed by atoms with van der Waals surface area (Å²) >= 11 is 0. The molecular formula is C13H15NO. The van der Waals surface area contributed by atoms with E-state index in [0.29, 0.717) is 0 Å². The Kier molecular flexibility index (Phi) is 5.03. The first kappa shape index (κ1) is 11.3. The van der Waals surface area contributed by atoms with Crippen LogP contribution in [0.4, 0.5) is 5.69 Å². The molecule has 0 fully saturated rings. The molecule has 2 nitrogen and oxygen atoms in total. The Morgan fingerprint density at radius 3 is 2.73 bits per heavy atom. The van der Waals surface area contributed by atoms with E-state index in [-0.39, 0.29) is 0 Å². The zero-order chi connectivity index (χ0) is 10.9. The summed E-state index contributed by atoms with van der Waals surface area (Å²) < 4.78 is 5.18. The Morgan fingerprint density at radius 2 is 2.13 bits per heavy atom. The van der Waals surface area contributed by atoms with E-state index in [1.54, 1.807) is 7.11 Å². The first-order valence-corrected chi connectivity index (χ1v) is 4.97. The molecule has 0 aliphatic carbocycles. The van der Waals surface area contributed by atoms with E-state index in [1.807, 2.05) is 30.3 Å². The number of benzene rings is 1. The molecule has 0 N–H and O–H groups in total. The molecule has 0 amide bonds. The van der Waals surface area contributed by atoms with Crippen LogP contribution in [0.3, 0.4) is 0 Å².